The van der Waals surface area contributed by atoms with Crippen molar-refractivity contribution in [2.75, 3.05) is 6.54 Å². The number of aromatic nitrogens is 2. The molecule has 0 bridgehead atoms. The SMILES string of the molecule is O=C(O)N1CC[C@H](O)[C@H]1c1nc(-c2ccc(CCc3ccc(C(F)(F)F)cc3)c(C(F)(F)F)c2)no1. The maximum atomic E-state index is 13.8. The van der Waals surface area contributed by atoms with Crippen LogP contribution in [0.1, 0.15) is 40.6 Å². The number of benzene rings is 2. The molecule has 2 aromatic carbocycles. The van der Waals surface area contributed by atoms with Gasteiger partial charge in [0.1, 0.15) is 6.04 Å². The lowest BCUT2D eigenvalue weighted by Gasteiger charge is -2.19. The highest BCUT2D eigenvalue weighted by Gasteiger charge is 2.41. The van der Waals surface area contributed by atoms with Crippen LogP contribution in [0.4, 0.5) is 31.1 Å². The van der Waals surface area contributed by atoms with E-state index in [0.29, 0.717) is 5.56 Å². The van der Waals surface area contributed by atoms with Crippen molar-refractivity contribution in [1.82, 2.24) is 15.0 Å². The van der Waals surface area contributed by atoms with Gasteiger partial charge in [0.05, 0.1) is 17.2 Å². The molecule has 13 heteroatoms. The fourth-order valence-electron chi connectivity index (χ4n) is 4.10. The molecule has 7 nitrogen and oxygen atoms in total. The molecule has 0 unspecified atom stereocenters. The number of nitrogens with zero attached hydrogens (tertiary/aromatic N) is 3. The van der Waals surface area contributed by atoms with Crippen LogP contribution in [0, 0.1) is 0 Å². The molecular formula is C23H19F6N3O4. The zero-order chi connectivity index (χ0) is 26.3. The van der Waals surface area contributed by atoms with Crippen LogP contribution in [0.3, 0.4) is 0 Å². The predicted molar refractivity (Wildman–Crippen MR) is 112 cm³/mol. The van der Waals surface area contributed by atoms with Crippen molar-refractivity contribution in [3.05, 3.63) is 70.6 Å². The van der Waals surface area contributed by atoms with Gasteiger partial charge < -0.3 is 14.7 Å². The van der Waals surface area contributed by atoms with Gasteiger partial charge in [0.2, 0.25) is 5.82 Å². The van der Waals surface area contributed by atoms with Gasteiger partial charge in [-0.15, -0.1) is 0 Å². The molecule has 1 fully saturated rings. The Bertz CT molecular complexity index is 1240. The van der Waals surface area contributed by atoms with Gasteiger partial charge in [-0.1, -0.05) is 29.4 Å². The second-order valence-electron chi connectivity index (χ2n) is 8.30. The average Bonchev–Trinajstić information content (AvgIpc) is 3.43. The summed E-state index contributed by atoms with van der Waals surface area (Å²) in [5.74, 6) is -0.452. The highest BCUT2D eigenvalue weighted by molar-refractivity contribution is 5.66. The molecule has 1 aliphatic rings. The number of aryl methyl sites for hydroxylation is 2. The Kier molecular flexibility index (Phi) is 6.69. The minimum absolute atomic E-state index is 0.0325. The second kappa shape index (κ2) is 9.45. The van der Waals surface area contributed by atoms with Crippen LogP contribution >= 0.6 is 0 Å². The summed E-state index contributed by atoms with van der Waals surface area (Å²) >= 11 is 0. The van der Waals surface area contributed by atoms with Crippen molar-refractivity contribution in [2.45, 2.75) is 43.8 Å². The summed E-state index contributed by atoms with van der Waals surface area (Å²) in [5, 5.41) is 23.0. The normalized spacial score (nSPS) is 18.6. The zero-order valence-corrected chi connectivity index (χ0v) is 18.3. The standard InChI is InChI=1S/C23H19F6N3O4/c24-22(25,26)15-7-2-12(3-8-15)1-4-13-5-6-14(11-16(13)23(27,28)29)19-30-20(36-31-19)18-17(33)9-10-32(18)21(34)35/h2-3,5-8,11,17-18,33H,1,4,9-10H2,(H,34,35)/t17-,18-/m0/s1. The summed E-state index contributed by atoms with van der Waals surface area (Å²) in [6.07, 6.45) is -11.5. The summed E-state index contributed by atoms with van der Waals surface area (Å²) in [4.78, 5) is 16.3. The lowest BCUT2D eigenvalue weighted by atomic mass is 9.97. The molecule has 0 spiro atoms. The van der Waals surface area contributed by atoms with Gasteiger partial charge >= 0.3 is 18.4 Å². The maximum Gasteiger partial charge on any atom is 0.416 e. The number of hydrogen-bond donors (Lipinski definition) is 2. The fraction of sp³-hybridized carbons (Fsp3) is 0.348. The van der Waals surface area contributed by atoms with E-state index in [4.69, 9.17) is 4.52 Å². The first-order valence-electron chi connectivity index (χ1n) is 10.7. The van der Waals surface area contributed by atoms with Crippen LogP contribution in [-0.4, -0.2) is 44.0 Å². The van der Waals surface area contributed by atoms with Crippen LogP contribution in [0.25, 0.3) is 11.4 Å². The molecule has 0 aliphatic carbocycles. The molecule has 3 aromatic rings. The number of aliphatic hydroxyl groups is 1. The maximum absolute atomic E-state index is 13.8. The number of carboxylic acid groups (broad SMARTS) is 1. The number of carbonyl (C=O) groups is 1. The van der Waals surface area contributed by atoms with Gasteiger partial charge in [-0.3, -0.25) is 4.90 Å². The molecule has 192 valence electrons. The van der Waals surface area contributed by atoms with Crippen LogP contribution in [0.2, 0.25) is 0 Å². The molecule has 1 aliphatic heterocycles. The molecule has 1 saturated heterocycles. The number of halogens is 6. The Hall–Kier alpha value is -3.61. The van der Waals surface area contributed by atoms with Crippen LogP contribution in [0.5, 0.6) is 0 Å². The molecule has 0 radical (unpaired) electrons. The molecule has 1 amide bonds. The van der Waals surface area contributed by atoms with Gasteiger partial charge in [-0.2, -0.15) is 31.3 Å². The summed E-state index contributed by atoms with van der Waals surface area (Å²) in [6, 6.07) is 6.48. The second-order valence-corrected chi connectivity index (χ2v) is 8.30. The molecule has 36 heavy (non-hydrogen) atoms. The Morgan fingerprint density at radius 3 is 2.33 bits per heavy atom. The first kappa shape index (κ1) is 25.5. The van der Waals surface area contributed by atoms with Gasteiger partial charge in [-0.25, -0.2) is 4.79 Å². The van der Waals surface area contributed by atoms with Crippen molar-refractivity contribution >= 4 is 6.09 Å². The van der Waals surface area contributed by atoms with Gasteiger partial charge in [0.15, 0.2) is 0 Å². The third-order valence-electron chi connectivity index (χ3n) is 5.94. The smallest absolute Gasteiger partial charge is 0.416 e. The highest BCUT2D eigenvalue weighted by atomic mass is 19.4. The lowest BCUT2D eigenvalue weighted by molar-refractivity contribution is -0.138. The molecule has 2 heterocycles. The van der Waals surface area contributed by atoms with Crippen molar-refractivity contribution in [3.8, 4) is 11.4 Å². The van der Waals surface area contributed by atoms with E-state index in [-0.39, 0.29) is 48.6 Å². The van der Waals surface area contributed by atoms with E-state index >= 15 is 0 Å². The third-order valence-corrected chi connectivity index (χ3v) is 5.94. The van der Waals surface area contributed by atoms with Crippen LogP contribution < -0.4 is 0 Å². The summed E-state index contributed by atoms with van der Waals surface area (Å²) in [6.45, 7) is 0.0325. The Labute approximate surface area is 200 Å². The summed E-state index contributed by atoms with van der Waals surface area (Å²) < 4.78 is 84.6. The van der Waals surface area contributed by atoms with Gasteiger partial charge in [0, 0.05) is 12.1 Å². The van der Waals surface area contributed by atoms with E-state index in [0.717, 1.165) is 23.1 Å². The summed E-state index contributed by atoms with van der Waals surface area (Å²) in [7, 11) is 0. The van der Waals surface area contributed by atoms with E-state index in [1.165, 1.54) is 24.3 Å². The Morgan fingerprint density at radius 2 is 1.72 bits per heavy atom. The van der Waals surface area contributed by atoms with Crippen LogP contribution in [0.15, 0.2) is 47.0 Å². The molecule has 2 atom stereocenters. The lowest BCUT2D eigenvalue weighted by Crippen LogP contribution is -2.32. The van der Waals surface area contributed by atoms with Gasteiger partial charge in [-0.05, 0) is 48.6 Å². The Morgan fingerprint density at radius 1 is 1.03 bits per heavy atom. The van der Waals surface area contributed by atoms with Crippen molar-refractivity contribution in [3.63, 3.8) is 0 Å². The first-order chi connectivity index (χ1) is 16.8. The number of alkyl halides is 6. The largest absolute Gasteiger partial charge is 0.465 e. The topological polar surface area (TPSA) is 99.7 Å². The third kappa shape index (κ3) is 5.30. The molecule has 1 aromatic heterocycles. The fourth-order valence-corrected chi connectivity index (χ4v) is 4.10. The van der Waals surface area contributed by atoms with Crippen molar-refractivity contribution in [1.29, 1.82) is 0 Å². The van der Waals surface area contributed by atoms with E-state index in [1.807, 2.05) is 0 Å². The molecule has 0 saturated carbocycles. The molecule has 2 N–H and O–H groups in total. The van der Waals surface area contributed by atoms with Crippen LogP contribution in [-0.2, 0) is 25.2 Å². The zero-order valence-electron chi connectivity index (χ0n) is 18.3. The minimum Gasteiger partial charge on any atom is -0.465 e. The van der Waals surface area contributed by atoms with E-state index in [9.17, 15) is 41.4 Å². The Balaban J connectivity index is 1.57. The molecule has 4 rings (SSSR count). The number of rotatable bonds is 5. The van der Waals surface area contributed by atoms with E-state index in [1.54, 1.807) is 0 Å². The average molecular weight is 515 g/mol. The number of amides is 1. The van der Waals surface area contributed by atoms with Crippen molar-refractivity contribution in [2.24, 2.45) is 0 Å². The minimum atomic E-state index is -4.74. The number of aliphatic hydroxyl groups excluding tert-OH is 1. The molecular weight excluding hydrogens is 496 g/mol. The quantitative estimate of drug-likeness (QED) is 0.445. The number of hydrogen-bond acceptors (Lipinski definition) is 5. The van der Waals surface area contributed by atoms with Gasteiger partial charge in [0.25, 0.3) is 5.89 Å². The van der Waals surface area contributed by atoms with E-state index < -0.39 is 41.7 Å². The predicted octanol–water partition coefficient (Wildman–Crippen LogP) is 5.35. The summed E-state index contributed by atoms with van der Waals surface area (Å²) in [5.41, 5.74) is -1.47. The van der Waals surface area contributed by atoms with E-state index in [2.05, 4.69) is 10.1 Å². The monoisotopic (exact) mass is 515 g/mol. The van der Waals surface area contributed by atoms with Crippen molar-refractivity contribution < 1.29 is 45.9 Å². The highest BCUT2D eigenvalue weighted by Crippen LogP contribution is 2.37. The number of likely N-dealkylation sites (tertiary alicyclic amines) is 1. The first-order valence-corrected chi connectivity index (χ1v) is 10.7.